The molecule has 2 N–H and O–H groups in total. The summed E-state index contributed by atoms with van der Waals surface area (Å²) in [6.45, 7) is 7.94. The third-order valence-corrected chi connectivity index (χ3v) is 5.13. The number of nitrogens with one attached hydrogen (secondary N) is 2. The fraction of sp³-hybridized carbons (Fsp3) is 0.333. The molecule has 0 radical (unpaired) electrons. The zero-order valence-electron chi connectivity index (χ0n) is 22.9. The van der Waals surface area contributed by atoms with Crippen LogP contribution in [0, 0.1) is 5.92 Å². The van der Waals surface area contributed by atoms with Crippen LogP contribution in [0.15, 0.2) is 84.1 Å². The molecule has 8 nitrogen and oxygen atoms in total. The van der Waals surface area contributed by atoms with Gasteiger partial charge in [-0.2, -0.15) is 0 Å². The second-order valence-corrected chi connectivity index (χ2v) is 9.02. The van der Waals surface area contributed by atoms with E-state index in [9.17, 15) is 19.2 Å². The molecular weight excluding hydrogens is 484 g/mol. The van der Waals surface area contributed by atoms with Crippen molar-refractivity contribution in [3.05, 3.63) is 95.2 Å². The van der Waals surface area contributed by atoms with Gasteiger partial charge in [-0.05, 0) is 62.9 Å². The molecule has 0 aromatic heterocycles. The van der Waals surface area contributed by atoms with Crippen molar-refractivity contribution in [3.63, 3.8) is 0 Å². The van der Waals surface area contributed by atoms with Crippen LogP contribution in [0.5, 0.6) is 0 Å². The Hall–Kier alpha value is -4.20. The first-order valence-electron chi connectivity index (χ1n) is 12.3. The second-order valence-electron chi connectivity index (χ2n) is 9.02. The van der Waals surface area contributed by atoms with E-state index < -0.39 is 18.0 Å². The highest BCUT2D eigenvalue weighted by molar-refractivity contribution is 6.01. The Morgan fingerprint density at radius 1 is 0.763 bits per heavy atom. The van der Waals surface area contributed by atoms with Crippen LogP contribution in [0.3, 0.4) is 0 Å². The van der Waals surface area contributed by atoms with Crippen molar-refractivity contribution < 1.29 is 28.7 Å². The number of rotatable bonds is 10. The Morgan fingerprint density at radius 2 is 1.29 bits per heavy atom. The average molecular weight is 523 g/mol. The van der Waals surface area contributed by atoms with Crippen LogP contribution in [0.25, 0.3) is 0 Å². The van der Waals surface area contributed by atoms with Crippen molar-refractivity contribution in [3.8, 4) is 0 Å². The summed E-state index contributed by atoms with van der Waals surface area (Å²) in [4.78, 5) is 47.2. The molecular formula is C30H38N2O6. The maximum atomic E-state index is 12.0. The van der Waals surface area contributed by atoms with Gasteiger partial charge in [0.1, 0.15) is 11.7 Å². The minimum Gasteiger partial charge on any atom is -0.467 e. The summed E-state index contributed by atoms with van der Waals surface area (Å²) in [6.07, 6.45) is 4.71. The molecule has 0 bridgehead atoms. The molecule has 1 atom stereocenters. The topological polar surface area (TPSA) is 111 Å². The van der Waals surface area contributed by atoms with Crippen LogP contribution in [-0.2, 0) is 19.1 Å². The molecule has 2 amide bonds. The maximum absolute atomic E-state index is 12.0. The summed E-state index contributed by atoms with van der Waals surface area (Å²) in [5.41, 5.74) is 2.14. The smallest absolute Gasteiger partial charge is 0.354 e. The van der Waals surface area contributed by atoms with Gasteiger partial charge in [-0.1, -0.05) is 61.9 Å². The molecule has 0 spiro atoms. The van der Waals surface area contributed by atoms with E-state index in [0.29, 0.717) is 23.5 Å². The molecule has 1 unspecified atom stereocenters. The lowest BCUT2D eigenvalue weighted by atomic mass is 10.0. The predicted octanol–water partition coefficient (Wildman–Crippen LogP) is 4.83. The first-order valence-corrected chi connectivity index (χ1v) is 12.3. The highest BCUT2D eigenvalue weighted by Gasteiger charge is 2.22. The van der Waals surface area contributed by atoms with Crippen LogP contribution < -0.4 is 10.6 Å². The van der Waals surface area contributed by atoms with E-state index in [2.05, 4.69) is 29.2 Å². The summed E-state index contributed by atoms with van der Waals surface area (Å²) in [6, 6.07) is 16.9. The van der Waals surface area contributed by atoms with Crippen molar-refractivity contribution in [2.24, 2.45) is 5.92 Å². The number of allylic oxidation sites excluding steroid dienone is 3. The highest BCUT2D eigenvalue weighted by atomic mass is 16.5. The number of amides is 2. The van der Waals surface area contributed by atoms with Gasteiger partial charge < -0.3 is 20.1 Å². The summed E-state index contributed by atoms with van der Waals surface area (Å²) in [5, 5.41) is 5.27. The van der Waals surface area contributed by atoms with Gasteiger partial charge >= 0.3 is 11.9 Å². The van der Waals surface area contributed by atoms with Crippen LogP contribution in [0.1, 0.15) is 61.3 Å². The van der Waals surface area contributed by atoms with E-state index in [1.807, 2.05) is 26.0 Å². The fourth-order valence-corrected chi connectivity index (χ4v) is 3.03. The largest absolute Gasteiger partial charge is 0.467 e. The van der Waals surface area contributed by atoms with Gasteiger partial charge in [-0.3, -0.25) is 9.59 Å². The highest BCUT2D eigenvalue weighted by Crippen LogP contribution is 2.09. The molecule has 0 aliphatic carbocycles. The zero-order valence-corrected chi connectivity index (χ0v) is 22.9. The van der Waals surface area contributed by atoms with E-state index in [1.54, 1.807) is 54.6 Å². The normalized spacial score (nSPS) is 11.3. The van der Waals surface area contributed by atoms with Gasteiger partial charge in [0.05, 0.1) is 14.2 Å². The lowest BCUT2D eigenvalue weighted by Crippen LogP contribution is -2.41. The Kier molecular flexibility index (Phi) is 14.5. The fourth-order valence-electron chi connectivity index (χ4n) is 3.03. The molecule has 0 heterocycles. The average Bonchev–Trinajstić information content (AvgIpc) is 2.93. The summed E-state index contributed by atoms with van der Waals surface area (Å²) >= 11 is 0. The minimum absolute atomic E-state index is 0.109. The number of carbonyl (C=O) groups is 4. The van der Waals surface area contributed by atoms with Crippen molar-refractivity contribution in [1.82, 2.24) is 10.6 Å². The van der Waals surface area contributed by atoms with Crippen molar-refractivity contribution in [1.29, 1.82) is 0 Å². The summed E-state index contributed by atoms with van der Waals surface area (Å²) in [7, 11) is 2.60. The summed E-state index contributed by atoms with van der Waals surface area (Å²) < 4.78 is 9.36. The molecule has 2 rings (SSSR count). The Labute approximate surface area is 225 Å². The number of benzene rings is 2. The van der Waals surface area contributed by atoms with Crippen molar-refractivity contribution in [2.75, 3.05) is 14.2 Å². The second kappa shape index (κ2) is 17.3. The van der Waals surface area contributed by atoms with Crippen LogP contribution >= 0.6 is 0 Å². The van der Waals surface area contributed by atoms with Gasteiger partial charge in [0, 0.05) is 11.1 Å². The maximum Gasteiger partial charge on any atom is 0.354 e. The van der Waals surface area contributed by atoms with Crippen LogP contribution in [0.4, 0.5) is 0 Å². The molecule has 0 aliphatic rings. The van der Waals surface area contributed by atoms with Gasteiger partial charge in [0.2, 0.25) is 0 Å². The van der Waals surface area contributed by atoms with E-state index in [-0.39, 0.29) is 17.5 Å². The van der Waals surface area contributed by atoms with Gasteiger partial charge in [0.15, 0.2) is 0 Å². The number of methoxy groups -OCH3 is 2. The number of hydrogen-bond acceptors (Lipinski definition) is 6. The molecule has 2 aromatic rings. The quantitative estimate of drug-likeness (QED) is 0.263. The Bertz CT molecular complexity index is 1100. The summed E-state index contributed by atoms with van der Waals surface area (Å²) in [5.74, 6) is -1.10. The van der Waals surface area contributed by atoms with E-state index in [4.69, 9.17) is 4.74 Å². The monoisotopic (exact) mass is 522 g/mol. The third kappa shape index (κ3) is 12.2. The number of esters is 2. The standard InChI is InChI=1S/C15H21NO3.C15H17NO3/c2*1-11(2)9-10-13(15(18)19-3)16-14(17)12-7-5-4-6-8-12/h4-8,11,13H,9-10H2,1-3H3,(H,16,17);4-10H,1-3H3,(H,16,17)/b;13-10-. The van der Waals surface area contributed by atoms with E-state index in [1.165, 1.54) is 20.3 Å². The first kappa shape index (κ1) is 31.8. The third-order valence-electron chi connectivity index (χ3n) is 5.13. The molecule has 0 fully saturated rings. The van der Waals surface area contributed by atoms with E-state index in [0.717, 1.165) is 12.0 Å². The molecule has 0 saturated heterocycles. The molecule has 0 saturated carbocycles. The molecule has 8 heteroatoms. The number of hydrogen-bond donors (Lipinski definition) is 2. The molecule has 2 aromatic carbocycles. The van der Waals surface area contributed by atoms with Crippen molar-refractivity contribution >= 4 is 23.8 Å². The van der Waals surface area contributed by atoms with Gasteiger partial charge in [-0.15, -0.1) is 0 Å². The Morgan fingerprint density at radius 3 is 1.74 bits per heavy atom. The molecule has 38 heavy (non-hydrogen) atoms. The first-order chi connectivity index (χ1) is 18.1. The van der Waals surface area contributed by atoms with Crippen LogP contribution in [0.2, 0.25) is 0 Å². The lowest BCUT2D eigenvalue weighted by Gasteiger charge is -2.17. The van der Waals surface area contributed by atoms with E-state index >= 15 is 0 Å². The lowest BCUT2D eigenvalue weighted by molar-refractivity contribution is -0.143. The van der Waals surface area contributed by atoms with Crippen LogP contribution in [-0.4, -0.2) is 44.0 Å². The SMILES string of the molecule is COC(=O)/C(=C/C=C(C)C)NC(=O)c1ccccc1.COC(=O)C(CCC(C)C)NC(=O)c1ccccc1. The number of ether oxygens (including phenoxy) is 2. The zero-order chi connectivity index (χ0) is 28.5. The van der Waals surface area contributed by atoms with Crippen molar-refractivity contribution in [2.45, 2.75) is 46.6 Å². The number of carbonyl (C=O) groups excluding carboxylic acids is 4. The van der Waals surface area contributed by atoms with Gasteiger partial charge in [0.25, 0.3) is 11.8 Å². The molecule has 0 aliphatic heterocycles. The minimum atomic E-state index is -0.583. The predicted molar refractivity (Wildman–Crippen MR) is 147 cm³/mol. The Balaban J connectivity index is 0.000000380. The molecule has 204 valence electrons. The van der Waals surface area contributed by atoms with Gasteiger partial charge in [-0.25, -0.2) is 9.59 Å².